The first-order valence-corrected chi connectivity index (χ1v) is 15.5. The van der Waals surface area contributed by atoms with Gasteiger partial charge in [-0.3, -0.25) is 19.2 Å². The van der Waals surface area contributed by atoms with E-state index in [9.17, 15) is 32.3 Å². The van der Waals surface area contributed by atoms with E-state index < -0.39 is 60.8 Å². The summed E-state index contributed by atoms with van der Waals surface area (Å²) in [5.41, 5.74) is 0. The quantitative estimate of drug-likeness (QED) is 0.395. The smallest absolute Gasteiger partial charge is 0.457 e. The van der Waals surface area contributed by atoms with Crippen molar-refractivity contribution in [2.75, 3.05) is 6.54 Å². The van der Waals surface area contributed by atoms with E-state index in [0.29, 0.717) is 31.7 Å². The summed E-state index contributed by atoms with van der Waals surface area (Å²) < 4.78 is 63.1. The highest BCUT2D eigenvalue weighted by atomic mass is 19.4. The first kappa shape index (κ1) is 36.8. The van der Waals surface area contributed by atoms with E-state index in [4.69, 9.17) is 18.9 Å². The second kappa shape index (κ2) is 17.2. The van der Waals surface area contributed by atoms with E-state index >= 15 is 0 Å². The fraction of sp³-hybridized carbons (Fsp3) is 0.867. The number of esters is 2. The number of ether oxygens (including phenoxy) is 4. The third kappa shape index (κ3) is 11.6. The Morgan fingerprint density at radius 3 is 2.16 bits per heavy atom. The molecule has 2 aliphatic rings. The summed E-state index contributed by atoms with van der Waals surface area (Å²) in [6, 6.07) is -1.59. The molecular formula is C30H49F3N2O8. The monoisotopic (exact) mass is 622 g/mol. The van der Waals surface area contributed by atoms with Gasteiger partial charge in [0.1, 0.15) is 6.04 Å². The topological polar surface area (TPSA) is 129 Å². The Hall–Kier alpha value is -2.41. The van der Waals surface area contributed by atoms with Gasteiger partial charge in [0.05, 0.1) is 12.2 Å². The Bertz CT molecular complexity index is 934. The number of amides is 2. The van der Waals surface area contributed by atoms with Crippen molar-refractivity contribution >= 4 is 23.8 Å². The van der Waals surface area contributed by atoms with E-state index in [0.717, 1.165) is 52.4 Å². The molecule has 2 saturated heterocycles. The van der Waals surface area contributed by atoms with Gasteiger partial charge in [0, 0.05) is 26.3 Å². The summed E-state index contributed by atoms with van der Waals surface area (Å²) in [5.74, 6) is -3.52. The maximum absolute atomic E-state index is 13.3. The highest BCUT2D eigenvalue weighted by Gasteiger charge is 2.52. The molecule has 0 unspecified atom stereocenters. The zero-order valence-corrected chi connectivity index (χ0v) is 26.2. The molecule has 2 rings (SSSR count). The van der Waals surface area contributed by atoms with Crippen LogP contribution < -0.4 is 10.6 Å². The summed E-state index contributed by atoms with van der Waals surface area (Å²) in [7, 11) is 0. The van der Waals surface area contributed by atoms with Gasteiger partial charge in [0.25, 0.3) is 0 Å². The maximum Gasteiger partial charge on any atom is 0.471 e. The van der Waals surface area contributed by atoms with E-state index in [2.05, 4.69) is 12.2 Å². The van der Waals surface area contributed by atoms with E-state index in [1.165, 1.54) is 6.92 Å². The minimum absolute atomic E-state index is 0.000285. The van der Waals surface area contributed by atoms with Gasteiger partial charge < -0.3 is 29.6 Å². The summed E-state index contributed by atoms with van der Waals surface area (Å²) in [5, 5.41) is 4.91. The molecular weight excluding hydrogens is 573 g/mol. The molecule has 2 amide bonds. The predicted octanol–water partition coefficient (Wildman–Crippen LogP) is 4.58. The molecule has 13 heteroatoms. The largest absolute Gasteiger partial charge is 0.471 e. The summed E-state index contributed by atoms with van der Waals surface area (Å²) in [6.07, 6.45) is -3.93. The molecule has 2 heterocycles. The summed E-state index contributed by atoms with van der Waals surface area (Å²) in [6.45, 7) is 10.3. The van der Waals surface area contributed by atoms with Gasteiger partial charge >= 0.3 is 24.0 Å². The average Bonchev–Trinajstić information content (AvgIpc) is 2.91. The van der Waals surface area contributed by atoms with Crippen molar-refractivity contribution in [3.63, 3.8) is 0 Å². The average molecular weight is 623 g/mol. The van der Waals surface area contributed by atoms with Gasteiger partial charge in [0.2, 0.25) is 5.91 Å². The van der Waals surface area contributed by atoms with Crippen molar-refractivity contribution in [3.8, 4) is 0 Å². The van der Waals surface area contributed by atoms with Crippen LogP contribution in [-0.4, -0.2) is 73.2 Å². The van der Waals surface area contributed by atoms with Crippen LogP contribution >= 0.6 is 0 Å². The third-order valence-electron chi connectivity index (χ3n) is 8.41. The number of carbonyl (C=O) groups excluding carboxylic acids is 4. The second-order valence-electron chi connectivity index (χ2n) is 11.8. The number of hydrogen-bond donors (Lipinski definition) is 2. The lowest BCUT2D eigenvalue weighted by atomic mass is 9.86. The second-order valence-corrected chi connectivity index (χ2v) is 11.8. The molecule has 0 aromatic carbocycles. The Morgan fingerprint density at radius 2 is 1.58 bits per heavy atom. The highest BCUT2D eigenvalue weighted by molar-refractivity contribution is 5.82. The zero-order valence-electron chi connectivity index (χ0n) is 26.2. The van der Waals surface area contributed by atoms with Gasteiger partial charge in [-0.1, -0.05) is 40.0 Å². The van der Waals surface area contributed by atoms with Crippen molar-refractivity contribution in [1.82, 2.24) is 10.6 Å². The fourth-order valence-corrected chi connectivity index (χ4v) is 5.99. The van der Waals surface area contributed by atoms with Crippen LogP contribution in [0, 0.1) is 17.8 Å². The first-order valence-electron chi connectivity index (χ1n) is 15.5. The molecule has 0 aromatic rings. The molecule has 2 fully saturated rings. The number of hydrogen-bond acceptors (Lipinski definition) is 8. The van der Waals surface area contributed by atoms with Gasteiger partial charge in [-0.25, -0.2) is 0 Å². The lowest BCUT2D eigenvalue weighted by molar-refractivity contribution is -0.294. The van der Waals surface area contributed by atoms with Crippen LogP contribution in [0.5, 0.6) is 0 Å². The molecule has 0 bridgehead atoms. The lowest BCUT2D eigenvalue weighted by Crippen LogP contribution is -2.67. The molecule has 0 spiro atoms. The Balaban J connectivity index is 2.38. The molecule has 0 aliphatic carbocycles. The summed E-state index contributed by atoms with van der Waals surface area (Å²) >= 11 is 0. The van der Waals surface area contributed by atoms with Gasteiger partial charge in [-0.05, 0) is 57.3 Å². The molecule has 2 aliphatic heterocycles. The zero-order chi connectivity index (χ0) is 32.3. The van der Waals surface area contributed by atoms with Crippen molar-refractivity contribution in [1.29, 1.82) is 0 Å². The van der Waals surface area contributed by atoms with Gasteiger partial charge in [-0.2, -0.15) is 13.2 Å². The number of halogens is 3. The summed E-state index contributed by atoms with van der Waals surface area (Å²) in [4.78, 5) is 48.7. The Labute approximate surface area is 252 Å². The Kier molecular flexibility index (Phi) is 14.7. The standard InChI is InChI=1S/C30H49F3N2O8/c1-7-21-13-10-16-34-27(38)22(8-2)12-9-11-17(3)14-15-23(21)43-28-26(42-20(6)37)24(35-29(39)30(31,32)33)25(18(4)40-28)41-19(5)36/h17-18,21-26,28H,7-16H2,1-6H3,(H,34,38)(H,35,39)/t17-,18-,21+,22+,23+,24+,25+,26+,28-/m0/s1. The number of carbonyl (C=O) groups is 4. The van der Waals surface area contributed by atoms with E-state index in [1.807, 2.05) is 19.2 Å². The molecule has 2 N–H and O–H groups in total. The van der Waals surface area contributed by atoms with Gasteiger partial charge in [-0.15, -0.1) is 0 Å². The lowest BCUT2D eigenvalue weighted by Gasteiger charge is -2.46. The van der Waals surface area contributed by atoms with Crippen LogP contribution in [0.3, 0.4) is 0 Å². The third-order valence-corrected chi connectivity index (χ3v) is 8.41. The predicted molar refractivity (Wildman–Crippen MR) is 150 cm³/mol. The van der Waals surface area contributed by atoms with Crippen LogP contribution in [0.1, 0.15) is 99.3 Å². The van der Waals surface area contributed by atoms with Gasteiger partial charge in [0.15, 0.2) is 18.5 Å². The molecule has 43 heavy (non-hydrogen) atoms. The SMILES string of the molecule is CC[C@@H]1CCC[C@H](C)CC[C@@H](O[C@@H]2O[C@@H](C)[C@@H](OC(C)=O)[C@@H](NC(=O)C(F)(F)F)[C@H]2OC(C)=O)[C@H](CC)CCCNC1=O. The number of alkyl halides is 3. The van der Waals surface area contributed by atoms with Crippen molar-refractivity contribution in [3.05, 3.63) is 0 Å². The molecule has 0 radical (unpaired) electrons. The molecule has 248 valence electrons. The highest BCUT2D eigenvalue weighted by Crippen LogP contribution is 2.33. The minimum atomic E-state index is -5.24. The van der Waals surface area contributed by atoms with E-state index in [-0.39, 0.29) is 17.7 Å². The molecule has 10 nitrogen and oxygen atoms in total. The van der Waals surface area contributed by atoms with Crippen molar-refractivity contribution in [2.45, 2.75) is 142 Å². The van der Waals surface area contributed by atoms with E-state index in [1.54, 1.807) is 0 Å². The fourth-order valence-electron chi connectivity index (χ4n) is 5.99. The molecule has 0 saturated carbocycles. The molecule has 0 aromatic heterocycles. The van der Waals surface area contributed by atoms with Crippen LogP contribution in [0.4, 0.5) is 13.2 Å². The number of nitrogens with one attached hydrogen (secondary N) is 2. The molecule has 9 atom stereocenters. The van der Waals surface area contributed by atoms with Crippen LogP contribution in [-0.2, 0) is 38.1 Å². The minimum Gasteiger partial charge on any atom is -0.457 e. The van der Waals surface area contributed by atoms with Crippen LogP contribution in [0.25, 0.3) is 0 Å². The maximum atomic E-state index is 13.3. The van der Waals surface area contributed by atoms with Crippen LogP contribution in [0.2, 0.25) is 0 Å². The Morgan fingerprint density at radius 1 is 0.930 bits per heavy atom. The normalized spacial score (nSPS) is 33.4. The van der Waals surface area contributed by atoms with Crippen molar-refractivity contribution < 1.29 is 51.3 Å². The first-order chi connectivity index (χ1) is 20.2. The number of rotatable bonds is 7. The van der Waals surface area contributed by atoms with Crippen LogP contribution in [0.15, 0.2) is 0 Å². The van der Waals surface area contributed by atoms with Crippen molar-refractivity contribution in [2.24, 2.45) is 17.8 Å².